The first-order valence-electron chi connectivity index (χ1n) is 13.6. The fourth-order valence-electron chi connectivity index (χ4n) is 6.44. The molecule has 8 rings (SSSR count). The molecule has 2 unspecified atom stereocenters. The van der Waals surface area contributed by atoms with Crippen LogP contribution in [0, 0.1) is 11.3 Å². The molecule has 9 nitrogen and oxygen atoms in total. The quantitative estimate of drug-likeness (QED) is 0.358. The van der Waals surface area contributed by atoms with Gasteiger partial charge in [0.25, 0.3) is 0 Å². The molecule has 2 bridgehead atoms. The first-order chi connectivity index (χ1) is 18.5. The second-order valence-electron chi connectivity index (χ2n) is 11.3. The number of halogens is 1. The highest BCUT2D eigenvalue weighted by Crippen LogP contribution is 2.61. The molecular formula is C28H33FN8O. The lowest BCUT2D eigenvalue weighted by molar-refractivity contribution is 0.0777. The SMILES string of the molecule is CC(NCc1cc2cnc(Cn3cnc(-c4cncc(N5CCCCO5)c4)n3)cc2[nH]1)C12CC(F)C(C1)C2. The first kappa shape index (κ1) is 23.7. The Kier molecular flexibility index (Phi) is 5.89. The molecule has 4 fully saturated rings. The molecule has 38 heavy (non-hydrogen) atoms. The third kappa shape index (κ3) is 4.35. The number of nitrogens with one attached hydrogen (secondary N) is 2. The summed E-state index contributed by atoms with van der Waals surface area (Å²) in [6.45, 7) is 5.04. The van der Waals surface area contributed by atoms with Crippen LogP contribution >= 0.6 is 0 Å². The molecule has 4 aromatic heterocycles. The number of hydroxylamine groups is 1. The molecule has 5 heterocycles. The second-order valence-corrected chi connectivity index (χ2v) is 11.3. The third-order valence-electron chi connectivity index (χ3n) is 8.72. The van der Waals surface area contributed by atoms with Crippen LogP contribution in [-0.4, -0.2) is 55.1 Å². The van der Waals surface area contributed by atoms with Crippen LogP contribution in [0.4, 0.5) is 10.1 Å². The molecule has 0 spiro atoms. The van der Waals surface area contributed by atoms with E-state index >= 15 is 0 Å². The number of alkyl halides is 1. The maximum absolute atomic E-state index is 14.0. The second kappa shape index (κ2) is 9.43. The van der Waals surface area contributed by atoms with Crippen molar-refractivity contribution in [2.45, 2.75) is 64.3 Å². The Morgan fingerprint density at radius 1 is 1.16 bits per heavy atom. The maximum atomic E-state index is 14.0. The van der Waals surface area contributed by atoms with Gasteiger partial charge < -0.3 is 10.3 Å². The zero-order chi connectivity index (χ0) is 25.7. The molecule has 4 aliphatic rings. The summed E-state index contributed by atoms with van der Waals surface area (Å²) in [5.74, 6) is 0.923. The van der Waals surface area contributed by atoms with Crippen LogP contribution in [-0.2, 0) is 17.9 Å². The molecule has 1 aliphatic heterocycles. The zero-order valence-corrected chi connectivity index (χ0v) is 21.6. The number of pyridine rings is 2. The van der Waals surface area contributed by atoms with E-state index < -0.39 is 6.17 Å². The molecule has 198 valence electrons. The van der Waals surface area contributed by atoms with Gasteiger partial charge in [0.1, 0.15) is 12.5 Å². The fourth-order valence-corrected chi connectivity index (χ4v) is 6.44. The van der Waals surface area contributed by atoms with Crippen LogP contribution in [0.25, 0.3) is 22.3 Å². The molecule has 2 atom stereocenters. The van der Waals surface area contributed by atoms with Crippen LogP contribution in [0.2, 0.25) is 0 Å². The van der Waals surface area contributed by atoms with Crippen molar-refractivity contribution in [2.75, 3.05) is 18.2 Å². The Morgan fingerprint density at radius 2 is 2.08 bits per heavy atom. The van der Waals surface area contributed by atoms with Crippen molar-refractivity contribution in [3.63, 3.8) is 0 Å². The molecule has 2 N–H and O–H groups in total. The van der Waals surface area contributed by atoms with E-state index in [1.54, 1.807) is 17.2 Å². The lowest BCUT2D eigenvalue weighted by Gasteiger charge is -2.43. The molecule has 1 saturated heterocycles. The largest absolute Gasteiger partial charge is 0.357 e. The zero-order valence-electron chi connectivity index (χ0n) is 21.6. The first-order valence-corrected chi connectivity index (χ1v) is 13.6. The van der Waals surface area contributed by atoms with E-state index in [9.17, 15) is 4.39 Å². The van der Waals surface area contributed by atoms with Gasteiger partial charge in [0, 0.05) is 53.7 Å². The number of anilines is 1. The van der Waals surface area contributed by atoms with Crippen molar-refractivity contribution < 1.29 is 9.23 Å². The highest BCUT2D eigenvalue weighted by molar-refractivity contribution is 5.79. The van der Waals surface area contributed by atoms with E-state index in [1.165, 1.54) is 0 Å². The average Bonchev–Trinajstić information content (AvgIpc) is 3.69. The number of H-pyrrole nitrogens is 1. The molecule has 0 radical (unpaired) electrons. The minimum absolute atomic E-state index is 0.153. The number of nitrogens with zero attached hydrogens (tertiary/aromatic N) is 6. The Labute approximate surface area is 220 Å². The van der Waals surface area contributed by atoms with Gasteiger partial charge in [-0.05, 0) is 68.6 Å². The van der Waals surface area contributed by atoms with Gasteiger partial charge in [0.15, 0.2) is 5.82 Å². The predicted octanol–water partition coefficient (Wildman–Crippen LogP) is 4.41. The summed E-state index contributed by atoms with van der Waals surface area (Å²) in [5.41, 5.74) is 4.98. The van der Waals surface area contributed by atoms with E-state index in [0.29, 0.717) is 30.7 Å². The summed E-state index contributed by atoms with van der Waals surface area (Å²) in [6.07, 6.45) is 11.6. The van der Waals surface area contributed by atoms with E-state index in [2.05, 4.69) is 49.4 Å². The van der Waals surface area contributed by atoms with E-state index in [1.807, 2.05) is 23.5 Å². The summed E-state index contributed by atoms with van der Waals surface area (Å²) in [6, 6.07) is 6.53. The van der Waals surface area contributed by atoms with E-state index in [0.717, 1.165) is 78.9 Å². The monoisotopic (exact) mass is 516 g/mol. The molecule has 3 saturated carbocycles. The molecule has 3 aliphatic carbocycles. The van der Waals surface area contributed by atoms with Gasteiger partial charge in [-0.1, -0.05) is 0 Å². The van der Waals surface area contributed by atoms with Gasteiger partial charge in [-0.15, -0.1) is 0 Å². The van der Waals surface area contributed by atoms with Gasteiger partial charge >= 0.3 is 0 Å². The van der Waals surface area contributed by atoms with Crippen LogP contribution in [0.15, 0.2) is 43.1 Å². The normalized spacial score (nSPS) is 25.6. The van der Waals surface area contributed by atoms with Crippen LogP contribution in [0.5, 0.6) is 0 Å². The Bertz CT molecular complexity index is 1440. The maximum Gasteiger partial charge on any atom is 0.182 e. The average molecular weight is 517 g/mol. The summed E-state index contributed by atoms with van der Waals surface area (Å²) >= 11 is 0. The third-order valence-corrected chi connectivity index (χ3v) is 8.72. The van der Waals surface area contributed by atoms with Gasteiger partial charge in [-0.3, -0.25) is 19.9 Å². The van der Waals surface area contributed by atoms with Crippen LogP contribution in [0.3, 0.4) is 0 Å². The van der Waals surface area contributed by atoms with E-state index in [4.69, 9.17) is 4.84 Å². The highest BCUT2D eigenvalue weighted by Gasteiger charge is 2.58. The van der Waals surface area contributed by atoms with Gasteiger partial charge in [0.05, 0.1) is 30.7 Å². The van der Waals surface area contributed by atoms with Gasteiger partial charge in [-0.25, -0.2) is 14.1 Å². The minimum Gasteiger partial charge on any atom is -0.357 e. The Balaban J connectivity index is 1.01. The molecule has 4 aromatic rings. The van der Waals surface area contributed by atoms with Gasteiger partial charge in [0.2, 0.25) is 0 Å². The highest BCUT2D eigenvalue weighted by atomic mass is 19.1. The van der Waals surface area contributed by atoms with Crippen molar-refractivity contribution in [2.24, 2.45) is 11.3 Å². The lowest BCUT2D eigenvalue weighted by Crippen LogP contribution is -2.46. The van der Waals surface area contributed by atoms with Crippen molar-refractivity contribution in [1.82, 2.24) is 35.0 Å². The summed E-state index contributed by atoms with van der Waals surface area (Å²) in [5, 5.41) is 11.3. The summed E-state index contributed by atoms with van der Waals surface area (Å²) < 4.78 is 15.8. The molecule has 0 amide bonds. The standard InChI is InChI=1S/C28H33FN8O/c1-18(28-9-21(10-28)25(29)11-28)31-14-22-6-19-13-32-23(8-26(19)34-22)16-36-17-33-27(35-36)20-7-24(15-30-12-20)37-4-2-3-5-38-37/h6-8,12-13,15,17-18,21,25,31,34H,2-5,9-11,14,16H2,1H3. The smallest absolute Gasteiger partial charge is 0.182 e. The number of aromatic nitrogens is 6. The Hall–Kier alpha value is -3.37. The molecular weight excluding hydrogens is 483 g/mol. The molecule has 10 heteroatoms. The summed E-state index contributed by atoms with van der Waals surface area (Å²) in [4.78, 5) is 22.8. The van der Waals surface area contributed by atoms with Crippen molar-refractivity contribution >= 4 is 16.6 Å². The van der Waals surface area contributed by atoms with Crippen molar-refractivity contribution in [3.8, 4) is 11.4 Å². The minimum atomic E-state index is -0.603. The van der Waals surface area contributed by atoms with Crippen LogP contribution in [0.1, 0.15) is 50.4 Å². The summed E-state index contributed by atoms with van der Waals surface area (Å²) in [7, 11) is 0. The van der Waals surface area contributed by atoms with Crippen molar-refractivity contribution in [3.05, 3.63) is 54.5 Å². The lowest BCUT2D eigenvalue weighted by atomic mass is 9.65. The van der Waals surface area contributed by atoms with E-state index in [-0.39, 0.29) is 5.41 Å². The number of hydrogen-bond donors (Lipinski definition) is 2. The number of fused-ring (bicyclic) bond motifs is 2. The number of hydrogen-bond acceptors (Lipinski definition) is 7. The van der Waals surface area contributed by atoms with Crippen molar-refractivity contribution in [1.29, 1.82) is 0 Å². The molecule has 0 aromatic carbocycles. The fraction of sp³-hybridized carbons (Fsp3) is 0.500. The number of aromatic amines is 1. The topological polar surface area (TPSA) is 96.8 Å². The predicted molar refractivity (Wildman–Crippen MR) is 142 cm³/mol. The van der Waals surface area contributed by atoms with Gasteiger partial charge in [-0.2, -0.15) is 5.10 Å². The van der Waals surface area contributed by atoms with Crippen LogP contribution < -0.4 is 10.4 Å². The number of rotatable bonds is 8. The Morgan fingerprint density at radius 3 is 2.89 bits per heavy atom.